The molecule has 2 atom stereocenters. The molecule has 0 N–H and O–H groups in total. The molecule has 4 aromatic rings. The molecule has 2 aromatic carbocycles. The smallest absolute Gasteiger partial charge is 0.339 e. The predicted molar refractivity (Wildman–Crippen MR) is 191 cm³/mol. The van der Waals surface area contributed by atoms with Crippen molar-refractivity contribution in [2.45, 2.75) is 91.1 Å². The number of hydrogen-bond donors (Lipinski definition) is 0. The first kappa shape index (κ1) is 34.6. The molecular weight excluding hydrogens is 621 g/mol. The number of ether oxygens (including phenoxy) is 4. The maximum absolute atomic E-state index is 15.0. The molecule has 6 bridgehead atoms. The fraction of sp³-hybridized carbons (Fsp3) is 0.450. The van der Waals surface area contributed by atoms with E-state index in [1.54, 1.807) is 19.1 Å². The van der Waals surface area contributed by atoms with Crippen LogP contribution in [0.15, 0.2) is 60.8 Å². The lowest BCUT2D eigenvalue weighted by molar-refractivity contribution is -0.164. The number of carbonyl (C=O) groups excluding carboxylic acids is 1. The van der Waals surface area contributed by atoms with Gasteiger partial charge in [-0.25, -0.2) is 14.2 Å². The first-order valence-electron chi connectivity index (χ1n) is 17.1. The quantitative estimate of drug-likeness (QED) is 0.160. The van der Waals surface area contributed by atoms with Crippen molar-refractivity contribution in [1.29, 1.82) is 0 Å². The zero-order valence-corrected chi connectivity index (χ0v) is 29.9. The van der Waals surface area contributed by atoms with Crippen LogP contribution in [0.3, 0.4) is 0 Å². The zero-order chi connectivity index (χ0) is 35.1. The molecule has 49 heavy (non-hydrogen) atoms. The minimum atomic E-state index is -0.948. The highest BCUT2D eigenvalue weighted by Crippen LogP contribution is 2.41. The van der Waals surface area contributed by atoms with Gasteiger partial charge in [-0.05, 0) is 102 Å². The Kier molecular flexibility index (Phi) is 9.61. The van der Waals surface area contributed by atoms with Gasteiger partial charge in [0, 0.05) is 42.4 Å². The van der Waals surface area contributed by atoms with Crippen LogP contribution in [0.2, 0.25) is 0 Å². The number of imidazole rings is 1. The SMILES string of the molecule is COC(=O)C(OC(C)(C)C)c1c(C)cc2nc3cn2c1N1CCC(C)(CC1)OCC=CCC(C)Oc1cc(C)c(F)cc1-c1cccc-3c1. The van der Waals surface area contributed by atoms with Crippen molar-refractivity contribution in [2.24, 2.45) is 0 Å². The number of benzene rings is 2. The summed E-state index contributed by atoms with van der Waals surface area (Å²) in [6.45, 7) is 15.7. The minimum Gasteiger partial charge on any atom is -0.490 e. The molecule has 3 aliphatic heterocycles. The number of esters is 1. The van der Waals surface area contributed by atoms with E-state index in [1.807, 2.05) is 71.1 Å². The molecule has 1 saturated heterocycles. The third kappa shape index (κ3) is 7.38. The van der Waals surface area contributed by atoms with E-state index in [1.165, 1.54) is 7.11 Å². The van der Waals surface area contributed by atoms with Crippen LogP contribution in [0.25, 0.3) is 28.0 Å². The van der Waals surface area contributed by atoms with Gasteiger partial charge in [0.1, 0.15) is 23.0 Å². The highest BCUT2D eigenvalue weighted by molar-refractivity contribution is 5.82. The van der Waals surface area contributed by atoms with E-state index in [2.05, 4.69) is 28.4 Å². The average molecular weight is 670 g/mol. The summed E-state index contributed by atoms with van der Waals surface area (Å²) < 4.78 is 41.8. The van der Waals surface area contributed by atoms with E-state index in [-0.39, 0.29) is 17.5 Å². The Hall–Kier alpha value is -4.21. The third-order valence-corrected chi connectivity index (χ3v) is 9.46. The van der Waals surface area contributed by atoms with Gasteiger partial charge in [-0.3, -0.25) is 4.40 Å². The van der Waals surface area contributed by atoms with E-state index in [0.29, 0.717) is 43.0 Å². The van der Waals surface area contributed by atoms with Crippen LogP contribution < -0.4 is 9.64 Å². The number of fused-ring (bicyclic) bond motifs is 7. The van der Waals surface area contributed by atoms with Gasteiger partial charge in [0.05, 0.1) is 36.7 Å². The third-order valence-electron chi connectivity index (χ3n) is 9.46. The van der Waals surface area contributed by atoms with Gasteiger partial charge >= 0.3 is 5.97 Å². The van der Waals surface area contributed by atoms with Crippen LogP contribution >= 0.6 is 0 Å². The maximum Gasteiger partial charge on any atom is 0.339 e. The van der Waals surface area contributed by atoms with Gasteiger partial charge in [-0.2, -0.15) is 0 Å². The molecule has 2 unspecified atom stereocenters. The number of pyridine rings is 1. The second-order valence-corrected chi connectivity index (χ2v) is 14.6. The first-order valence-corrected chi connectivity index (χ1v) is 17.1. The maximum atomic E-state index is 15.0. The van der Waals surface area contributed by atoms with Crippen molar-refractivity contribution < 1.29 is 28.1 Å². The second kappa shape index (κ2) is 13.6. The summed E-state index contributed by atoms with van der Waals surface area (Å²) in [6, 6.07) is 13.3. The van der Waals surface area contributed by atoms with E-state index >= 15 is 4.39 Å². The minimum absolute atomic E-state index is 0.127. The van der Waals surface area contributed by atoms with Gasteiger partial charge in [0.15, 0.2) is 6.10 Å². The molecule has 2 aromatic heterocycles. The molecule has 0 aliphatic carbocycles. The molecule has 0 saturated carbocycles. The summed E-state index contributed by atoms with van der Waals surface area (Å²) in [5.41, 5.74) is 5.12. The lowest BCUT2D eigenvalue weighted by Crippen LogP contribution is -2.45. The Morgan fingerprint density at radius 3 is 2.51 bits per heavy atom. The van der Waals surface area contributed by atoms with Crippen molar-refractivity contribution >= 4 is 17.4 Å². The molecule has 9 heteroatoms. The molecule has 8 nitrogen and oxygen atoms in total. The number of halogens is 1. The van der Waals surface area contributed by atoms with Crippen molar-refractivity contribution in [3.05, 3.63) is 83.3 Å². The van der Waals surface area contributed by atoms with E-state index in [0.717, 1.165) is 52.3 Å². The number of carbonyl (C=O) groups is 1. The van der Waals surface area contributed by atoms with Crippen molar-refractivity contribution in [3.63, 3.8) is 0 Å². The zero-order valence-electron chi connectivity index (χ0n) is 29.9. The number of nitrogens with zero attached hydrogens (tertiary/aromatic N) is 3. The fourth-order valence-electron chi connectivity index (χ4n) is 6.74. The van der Waals surface area contributed by atoms with Crippen molar-refractivity contribution in [3.8, 4) is 28.1 Å². The highest BCUT2D eigenvalue weighted by Gasteiger charge is 2.37. The Labute approximate surface area is 288 Å². The summed E-state index contributed by atoms with van der Waals surface area (Å²) in [7, 11) is 1.39. The number of anilines is 1. The monoisotopic (exact) mass is 669 g/mol. The normalized spacial score (nSPS) is 20.6. The summed E-state index contributed by atoms with van der Waals surface area (Å²) in [4.78, 5) is 20.8. The second-order valence-electron chi connectivity index (χ2n) is 14.6. The Morgan fingerprint density at radius 2 is 1.80 bits per heavy atom. The van der Waals surface area contributed by atoms with E-state index < -0.39 is 17.7 Å². The molecule has 260 valence electrons. The number of hydrogen-bond acceptors (Lipinski definition) is 7. The Bertz CT molecular complexity index is 1880. The van der Waals surface area contributed by atoms with Gasteiger partial charge in [-0.1, -0.05) is 30.4 Å². The molecule has 0 radical (unpaired) electrons. The standard InChI is InChI=1S/C40H48FN3O5/c1-25-20-33-30(23-31(25)41)28-13-11-14-29(22-28)32-24-44-34(42-32)21-26(2)35(36(38(45)46-8)49-39(4,5)6)37(44)43-17-15-40(7,16-18-43)47-19-10-9-12-27(3)48-33/h9-11,13-14,20-24,27,36H,12,15-19H2,1-8H3. The summed E-state index contributed by atoms with van der Waals surface area (Å²) in [5, 5.41) is 0. The molecule has 1 fully saturated rings. The lowest BCUT2D eigenvalue weighted by Gasteiger charge is -2.41. The lowest BCUT2D eigenvalue weighted by atomic mass is 9.92. The van der Waals surface area contributed by atoms with Gasteiger partial charge in [0.25, 0.3) is 0 Å². The molecule has 7 rings (SSSR count). The van der Waals surface area contributed by atoms with Gasteiger partial charge < -0.3 is 23.8 Å². The molecule has 0 amide bonds. The van der Waals surface area contributed by atoms with Crippen molar-refractivity contribution in [2.75, 3.05) is 31.7 Å². The summed E-state index contributed by atoms with van der Waals surface area (Å²) in [6.07, 6.45) is 7.37. The van der Waals surface area contributed by atoms with E-state index in [4.69, 9.17) is 23.9 Å². The molecule has 3 aliphatic rings. The highest BCUT2D eigenvalue weighted by atomic mass is 19.1. The largest absolute Gasteiger partial charge is 0.490 e. The number of rotatable bonds is 3. The Balaban J connectivity index is 1.56. The van der Waals surface area contributed by atoms with Crippen molar-refractivity contribution in [1.82, 2.24) is 9.38 Å². The van der Waals surface area contributed by atoms with Crippen LogP contribution in [0.5, 0.6) is 5.75 Å². The number of aromatic nitrogens is 2. The van der Waals surface area contributed by atoms with E-state index in [9.17, 15) is 4.79 Å². The van der Waals surface area contributed by atoms with Gasteiger partial charge in [-0.15, -0.1) is 0 Å². The van der Waals surface area contributed by atoms with Gasteiger partial charge in [0.2, 0.25) is 0 Å². The molecule has 0 spiro atoms. The summed E-state index contributed by atoms with van der Waals surface area (Å²) >= 11 is 0. The molecule has 5 heterocycles. The molecular formula is C40H48FN3O5. The number of piperidine rings is 1. The first-order chi connectivity index (χ1) is 23.2. The Morgan fingerprint density at radius 1 is 1.06 bits per heavy atom. The summed E-state index contributed by atoms with van der Waals surface area (Å²) in [5.74, 6) is 0.738. The average Bonchev–Trinajstić information content (AvgIpc) is 3.47. The van der Waals surface area contributed by atoms with Crippen LogP contribution in [-0.2, 0) is 19.0 Å². The number of methoxy groups -OCH3 is 1. The van der Waals surface area contributed by atoms with Crippen LogP contribution in [0.1, 0.15) is 76.7 Å². The topological polar surface area (TPSA) is 74.5 Å². The predicted octanol–water partition coefficient (Wildman–Crippen LogP) is 8.56. The fourth-order valence-corrected chi connectivity index (χ4v) is 6.74. The van der Waals surface area contributed by atoms with Crippen LogP contribution in [0.4, 0.5) is 10.2 Å². The van der Waals surface area contributed by atoms with Crippen LogP contribution in [0, 0.1) is 19.7 Å². The van der Waals surface area contributed by atoms with Crippen LogP contribution in [-0.4, -0.2) is 59.5 Å². The number of aryl methyl sites for hydroxylation is 2.